The van der Waals surface area contributed by atoms with Gasteiger partial charge < -0.3 is 15.8 Å². The Kier molecular flexibility index (Phi) is 5.36. The smallest absolute Gasteiger partial charge is 0.227 e. The Balaban J connectivity index is 2.60. The Labute approximate surface area is 115 Å². The lowest BCUT2D eigenvalue weighted by atomic mass is 9.81. The SMILES string of the molecule is CC(C(=O)Nc1ccc(OCCN)cc1)C(C)(C)C. The van der Waals surface area contributed by atoms with Gasteiger partial charge in [-0.1, -0.05) is 27.7 Å². The minimum Gasteiger partial charge on any atom is -0.492 e. The standard InChI is InChI=1S/C15H24N2O2/c1-11(15(2,3)4)14(18)17-12-5-7-13(8-6-12)19-10-9-16/h5-8,11H,9-10,16H2,1-4H3,(H,17,18). The van der Waals surface area contributed by atoms with Gasteiger partial charge in [0.25, 0.3) is 0 Å². The number of carbonyl (C=O) groups is 1. The van der Waals surface area contributed by atoms with Crippen LogP contribution in [0.2, 0.25) is 0 Å². The van der Waals surface area contributed by atoms with Crippen molar-refractivity contribution >= 4 is 11.6 Å². The lowest BCUT2D eigenvalue weighted by Gasteiger charge is -2.26. The first kappa shape index (κ1) is 15.5. The molecule has 0 spiro atoms. The van der Waals surface area contributed by atoms with Crippen LogP contribution in [0, 0.1) is 11.3 Å². The van der Waals surface area contributed by atoms with Crippen LogP contribution in [0.25, 0.3) is 0 Å². The van der Waals surface area contributed by atoms with Gasteiger partial charge in [-0.05, 0) is 29.7 Å². The van der Waals surface area contributed by atoms with E-state index in [1.54, 1.807) is 0 Å². The number of carbonyl (C=O) groups excluding carboxylic acids is 1. The number of hydrogen-bond donors (Lipinski definition) is 2. The first-order chi connectivity index (χ1) is 8.84. The molecule has 0 radical (unpaired) electrons. The Morgan fingerprint density at radius 3 is 2.37 bits per heavy atom. The third kappa shape index (κ3) is 4.91. The van der Waals surface area contributed by atoms with Crippen LogP contribution in [0.1, 0.15) is 27.7 Å². The summed E-state index contributed by atoms with van der Waals surface area (Å²) in [5.41, 5.74) is 6.10. The van der Waals surface area contributed by atoms with Crippen molar-refractivity contribution in [1.82, 2.24) is 0 Å². The Bertz CT molecular complexity index is 407. The van der Waals surface area contributed by atoms with E-state index in [0.29, 0.717) is 13.2 Å². The zero-order valence-corrected chi connectivity index (χ0v) is 12.2. The summed E-state index contributed by atoms with van der Waals surface area (Å²) in [6, 6.07) is 7.32. The summed E-state index contributed by atoms with van der Waals surface area (Å²) < 4.78 is 5.38. The molecule has 0 aliphatic carbocycles. The van der Waals surface area contributed by atoms with Crippen molar-refractivity contribution in [2.45, 2.75) is 27.7 Å². The lowest BCUT2D eigenvalue weighted by Crippen LogP contribution is -2.30. The van der Waals surface area contributed by atoms with Crippen molar-refractivity contribution in [3.05, 3.63) is 24.3 Å². The fourth-order valence-corrected chi connectivity index (χ4v) is 1.46. The predicted octanol–water partition coefficient (Wildman–Crippen LogP) is 2.64. The zero-order chi connectivity index (χ0) is 14.5. The molecular weight excluding hydrogens is 240 g/mol. The van der Waals surface area contributed by atoms with E-state index < -0.39 is 0 Å². The highest BCUT2D eigenvalue weighted by Gasteiger charge is 2.26. The van der Waals surface area contributed by atoms with Gasteiger partial charge in [-0.3, -0.25) is 4.79 Å². The second-order valence-electron chi connectivity index (χ2n) is 5.74. The highest BCUT2D eigenvalue weighted by atomic mass is 16.5. The summed E-state index contributed by atoms with van der Waals surface area (Å²) in [7, 11) is 0. The summed E-state index contributed by atoms with van der Waals surface area (Å²) in [5, 5.41) is 2.91. The van der Waals surface area contributed by atoms with Crippen molar-refractivity contribution in [3.8, 4) is 5.75 Å². The van der Waals surface area contributed by atoms with E-state index in [0.717, 1.165) is 11.4 Å². The number of nitrogens with two attached hydrogens (primary N) is 1. The fraction of sp³-hybridized carbons (Fsp3) is 0.533. The van der Waals surface area contributed by atoms with E-state index in [2.05, 4.69) is 26.1 Å². The van der Waals surface area contributed by atoms with Crippen LogP contribution in [-0.2, 0) is 4.79 Å². The largest absolute Gasteiger partial charge is 0.492 e. The van der Waals surface area contributed by atoms with Crippen molar-refractivity contribution in [2.24, 2.45) is 17.1 Å². The highest BCUT2D eigenvalue weighted by Crippen LogP contribution is 2.26. The monoisotopic (exact) mass is 264 g/mol. The highest BCUT2D eigenvalue weighted by molar-refractivity contribution is 5.92. The quantitative estimate of drug-likeness (QED) is 0.859. The van der Waals surface area contributed by atoms with E-state index in [4.69, 9.17) is 10.5 Å². The number of nitrogens with one attached hydrogen (secondary N) is 1. The number of benzene rings is 1. The molecule has 0 aliphatic heterocycles. The van der Waals surface area contributed by atoms with E-state index in [-0.39, 0.29) is 17.2 Å². The number of rotatable bonds is 5. The van der Waals surface area contributed by atoms with Crippen molar-refractivity contribution in [3.63, 3.8) is 0 Å². The molecule has 0 aromatic heterocycles. The average Bonchev–Trinajstić information content (AvgIpc) is 2.36. The predicted molar refractivity (Wildman–Crippen MR) is 78.2 cm³/mol. The van der Waals surface area contributed by atoms with Crippen molar-refractivity contribution in [1.29, 1.82) is 0 Å². The van der Waals surface area contributed by atoms with Gasteiger partial charge in [0.15, 0.2) is 0 Å². The second kappa shape index (κ2) is 6.57. The van der Waals surface area contributed by atoms with Gasteiger partial charge in [0.1, 0.15) is 12.4 Å². The molecule has 4 heteroatoms. The van der Waals surface area contributed by atoms with Gasteiger partial charge in [0.2, 0.25) is 5.91 Å². The van der Waals surface area contributed by atoms with E-state index in [1.807, 2.05) is 31.2 Å². The molecule has 1 aromatic rings. The fourth-order valence-electron chi connectivity index (χ4n) is 1.46. The molecule has 0 aliphatic rings. The third-order valence-electron chi connectivity index (χ3n) is 3.20. The van der Waals surface area contributed by atoms with Crippen LogP contribution in [0.15, 0.2) is 24.3 Å². The van der Waals surface area contributed by atoms with E-state index >= 15 is 0 Å². The van der Waals surface area contributed by atoms with Gasteiger partial charge in [0, 0.05) is 18.2 Å². The van der Waals surface area contributed by atoms with Crippen molar-refractivity contribution < 1.29 is 9.53 Å². The third-order valence-corrected chi connectivity index (χ3v) is 3.20. The second-order valence-corrected chi connectivity index (χ2v) is 5.74. The topological polar surface area (TPSA) is 64.3 Å². The lowest BCUT2D eigenvalue weighted by molar-refractivity contribution is -0.122. The van der Waals surface area contributed by atoms with Crippen LogP contribution in [0.4, 0.5) is 5.69 Å². The van der Waals surface area contributed by atoms with E-state index in [1.165, 1.54) is 0 Å². The molecule has 1 amide bonds. The number of anilines is 1. The summed E-state index contributed by atoms with van der Waals surface area (Å²) in [6.07, 6.45) is 0. The molecule has 1 aromatic carbocycles. The molecule has 106 valence electrons. The molecule has 1 unspecified atom stereocenters. The first-order valence-electron chi connectivity index (χ1n) is 6.58. The zero-order valence-electron chi connectivity index (χ0n) is 12.2. The molecule has 19 heavy (non-hydrogen) atoms. The van der Waals surface area contributed by atoms with Crippen LogP contribution in [0.5, 0.6) is 5.75 Å². The Morgan fingerprint density at radius 1 is 1.32 bits per heavy atom. The molecule has 1 atom stereocenters. The first-order valence-corrected chi connectivity index (χ1v) is 6.58. The van der Waals surface area contributed by atoms with Crippen LogP contribution >= 0.6 is 0 Å². The average molecular weight is 264 g/mol. The Morgan fingerprint density at radius 2 is 1.89 bits per heavy atom. The molecule has 0 saturated heterocycles. The van der Waals surface area contributed by atoms with Crippen LogP contribution in [0.3, 0.4) is 0 Å². The van der Waals surface area contributed by atoms with Gasteiger partial charge in [-0.2, -0.15) is 0 Å². The summed E-state index contributed by atoms with van der Waals surface area (Å²) in [6.45, 7) is 9.09. The molecule has 0 fully saturated rings. The molecule has 0 heterocycles. The molecule has 4 nitrogen and oxygen atoms in total. The van der Waals surface area contributed by atoms with Crippen molar-refractivity contribution in [2.75, 3.05) is 18.5 Å². The molecule has 0 saturated carbocycles. The number of amides is 1. The molecule has 1 rings (SSSR count). The normalized spacial score (nSPS) is 12.9. The van der Waals surface area contributed by atoms with Gasteiger partial charge in [0.05, 0.1) is 0 Å². The van der Waals surface area contributed by atoms with Gasteiger partial charge >= 0.3 is 0 Å². The van der Waals surface area contributed by atoms with Gasteiger partial charge in [-0.15, -0.1) is 0 Å². The molecule has 0 bridgehead atoms. The molecular formula is C15H24N2O2. The van der Waals surface area contributed by atoms with Gasteiger partial charge in [-0.25, -0.2) is 0 Å². The Hall–Kier alpha value is -1.55. The minimum absolute atomic E-state index is 0.0307. The van der Waals surface area contributed by atoms with Crippen LogP contribution < -0.4 is 15.8 Å². The van der Waals surface area contributed by atoms with E-state index in [9.17, 15) is 4.79 Å². The summed E-state index contributed by atoms with van der Waals surface area (Å²) in [5.74, 6) is 0.733. The number of ether oxygens (including phenoxy) is 1. The maximum atomic E-state index is 12.1. The maximum Gasteiger partial charge on any atom is 0.227 e. The minimum atomic E-state index is -0.0549. The van der Waals surface area contributed by atoms with Crippen LogP contribution in [-0.4, -0.2) is 19.1 Å². The molecule has 3 N–H and O–H groups in total. The maximum absolute atomic E-state index is 12.1. The summed E-state index contributed by atoms with van der Waals surface area (Å²) >= 11 is 0. The summed E-state index contributed by atoms with van der Waals surface area (Å²) in [4.78, 5) is 12.1. The number of hydrogen-bond acceptors (Lipinski definition) is 3.